The van der Waals surface area contributed by atoms with Gasteiger partial charge in [-0.2, -0.15) is 5.10 Å². The highest BCUT2D eigenvalue weighted by atomic mass is 35.5. The van der Waals surface area contributed by atoms with Crippen LogP contribution in [0.4, 0.5) is 5.82 Å². The minimum atomic E-state index is -3.37. The normalized spacial score (nSPS) is 20.5. The number of halogens is 1. The Hall–Kier alpha value is -1.45. The molecule has 1 amide bonds. The molecule has 8 nitrogen and oxygen atoms in total. The summed E-state index contributed by atoms with van der Waals surface area (Å²) in [7, 11) is -3.37. The molecule has 24 heavy (non-hydrogen) atoms. The standard InChI is InChI=1S/C14H23N5O3S.ClH/c1-3-5-11-9-19(13-6-4-7-15-18-13)10-12(11)17-14(20)8-16-23(2,21)22;/h4,6-7,11-12,16H,3,5,8-10H2,1-2H3,(H,17,20);1H/t11-,12-;/m0./s1. The second-order valence-corrected chi connectivity index (χ2v) is 7.64. The van der Waals surface area contributed by atoms with E-state index in [0.29, 0.717) is 12.5 Å². The fourth-order valence-electron chi connectivity index (χ4n) is 2.80. The smallest absolute Gasteiger partial charge is 0.235 e. The molecule has 2 N–H and O–H groups in total. The number of sulfonamides is 1. The highest BCUT2D eigenvalue weighted by Crippen LogP contribution is 2.25. The maximum atomic E-state index is 12.0. The van der Waals surface area contributed by atoms with Crippen LogP contribution in [0, 0.1) is 5.92 Å². The van der Waals surface area contributed by atoms with Gasteiger partial charge in [0, 0.05) is 19.3 Å². The fourth-order valence-corrected chi connectivity index (χ4v) is 3.19. The van der Waals surface area contributed by atoms with E-state index in [4.69, 9.17) is 0 Å². The van der Waals surface area contributed by atoms with E-state index in [2.05, 4.69) is 32.1 Å². The number of nitrogens with zero attached hydrogens (tertiary/aromatic N) is 3. The van der Waals surface area contributed by atoms with Crippen LogP contribution in [0.15, 0.2) is 18.3 Å². The number of aromatic nitrogens is 2. The number of carbonyl (C=O) groups is 1. The molecular weight excluding hydrogens is 354 g/mol. The zero-order chi connectivity index (χ0) is 16.9. The minimum absolute atomic E-state index is 0. The average Bonchev–Trinajstić information content (AvgIpc) is 2.89. The van der Waals surface area contributed by atoms with Crippen molar-refractivity contribution < 1.29 is 13.2 Å². The first-order valence-corrected chi connectivity index (χ1v) is 9.55. The van der Waals surface area contributed by atoms with Crippen LogP contribution in [0.3, 0.4) is 0 Å². The summed E-state index contributed by atoms with van der Waals surface area (Å²) in [5, 5.41) is 10.9. The van der Waals surface area contributed by atoms with Gasteiger partial charge in [0.1, 0.15) is 0 Å². The summed E-state index contributed by atoms with van der Waals surface area (Å²) in [5.74, 6) is 0.784. The first-order valence-electron chi connectivity index (χ1n) is 7.65. The van der Waals surface area contributed by atoms with Crippen LogP contribution >= 0.6 is 12.4 Å². The van der Waals surface area contributed by atoms with Gasteiger partial charge in [-0.15, -0.1) is 17.5 Å². The lowest BCUT2D eigenvalue weighted by atomic mass is 9.98. The quantitative estimate of drug-likeness (QED) is 0.701. The van der Waals surface area contributed by atoms with E-state index in [1.807, 2.05) is 12.1 Å². The van der Waals surface area contributed by atoms with Crippen molar-refractivity contribution in [2.45, 2.75) is 25.8 Å². The molecular formula is C14H24ClN5O3S. The minimum Gasteiger partial charge on any atom is -0.353 e. The molecule has 1 aliphatic heterocycles. The highest BCUT2D eigenvalue weighted by molar-refractivity contribution is 7.88. The van der Waals surface area contributed by atoms with Crippen LogP contribution in [0.2, 0.25) is 0 Å². The molecule has 0 spiro atoms. The third kappa shape index (κ3) is 6.21. The Bertz CT molecular complexity index is 629. The molecule has 1 saturated heterocycles. The van der Waals surface area contributed by atoms with Gasteiger partial charge in [0.2, 0.25) is 15.9 Å². The highest BCUT2D eigenvalue weighted by Gasteiger charge is 2.33. The van der Waals surface area contributed by atoms with Crippen molar-refractivity contribution in [1.29, 1.82) is 0 Å². The van der Waals surface area contributed by atoms with Gasteiger partial charge in [0.15, 0.2) is 5.82 Å². The number of anilines is 1. The molecule has 2 atom stereocenters. The fraction of sp³-hybridized carbons (Fsp3) is 0.643. The van der Waals surface area contributed by atoms with Crippen LogP contribution in [0.5, 0.6) is 0 Å². The third-order valence-electron chi connectivity index (χ3n) is 3.82. The molecule has 2 rings (SSSR count). The van der Waals surface area contributed by atoms with Crippen LogP contribution in [0.1, 0.15) is 19.8 Å². The van der Waals surface area contributed by atoms with Crippen molar-refractivity contribution in [3.8, 4) is 0 Å². The Morgan fingerprint density at radius 2 is 2.17 bits per heavy atom. The molecule has 2 heterocycles. The predicted octanol–water partition coefficient (Wildman–Crippen LogP) is 0.169. The molecule has 1 fully saturated rings. The van der Waals surface area contributed by atoms with Crippen molar-refractivity contribution in [2.24, 2.45) is 5.92 Å². The van der Waals surface area contributed by atoms with E-state index in [0.717, 1.165) is 31.5 Å². The number of carbonyl (C=O) groups excluding carboxylic acids is 1. The topological polar surface area (TPSA) is 104 Å². The van der Waals surface area contributed by atoms with Gasteiger partial charge in [-0.1, -0.05) is 13.3 Å². The van der Waals surface area contributed by atoms with Crippen molar-refractivity contribution in [3.63, 3.8) is 0 Å². The Morgan fingerprint density at radius 1 is 1.42 bits per heavy atom. The number of nitrogens with one attached hydrogen (secondary N) is 2. The number of amides is 1. The predicted molar refractivity (Wildman–Crippen MR) is 94.7 cm³/mol. The van der Waals surface area contributed by atoms with Gasteiger partial charge in [-0.05, 0) is 24.5 Å². The molecule has 0 unspecified atom stereocenters. The van der Waals surface area contributed by atoms with Gasteiger partial charge < -0.3 is 10.2 Å². The van der Waals surface area contributed by atoms with Crippen LogP contribution in [-0.4, -0.2) is 56.5 Å². The maximum absolute atomic E-state index is 12.0. The van der Waals surface area contributed by atoms with Crippen molar-refractivity contribution >= 4 is 34.2 Å². The lowest BCUT2D eigenvalue weighted by Crippen LogP contribution is -2.45. The zero-order valence-corrected chi connectivity index (χ0v) is 15.4. The molecule has 0 radical (unpaired) electrons. The Labute approximate surface area is 148 Å². The van der Waals surface area contributed by atoms with Crippen LogP contribution in [-0.2, 0) is 14.8 Å². The van der Waals surface area contributed by atoms with Crippen LogP contribution in [0.25, 0.3) is 0 Å². The monoisotopic (exact) mass is 377 g/mol. The second-order valence-electron chi connectivity index (χ2n) is 5.80. The summed E-state index contributed by atoms with van der Waals surface area (Å²) in [4.78, 5) is 14.1. The number of hydrogen-bond acceptors (Lipinski definition) is 6. The summed E-state index contributed by atoms with van der Waals surface area (Å²) < 4.78 is 24.3. The van der Waals surface area contributed by atoms with Gasteiger partial charge in [-0.25, -0.2) is 13.1 Å². The largest absolute Gasteiger partial charge is 0.353 e. The second kappa shape index (κ2) is 9.14. The lowest BCUT2D eigenvalue weighted by Gasteiger charge is -2.19. The molecule has 1 aromatic heterocycles. The number of hydrogen-bond donors (Lipinski definition) is 2. The lowest BCUT2D eigenvalue weighted by molar-refractivity contribution is -0.120. The summed E-state index contributed by atoms with van der Waals surface area (Å²) in [6.07, 6.45) is 4.67. The zero-order valence-electron chi connectivity index (χ0n) is 13.8. The first kappa shape index (κ1) is 20.6. The molecule has 0 bridgehead atoms. The van der Waals surface area contributed by atoms with E-state index < -0.39 is 10.0 Å². The Kier molecular flexibility index (Phi) is 7.85. The van der Waals surface area contributed by atoms with Crippen LogP contribution < -0.4 is 14.9 Å². The third-order valence-corrected chi connectivity index (χ3v) is 4.49. The first-order chi connectivity index (χ1) is 10.9. The van der Waals surface area contributed by atoms with Gasteiger partial charge in [-0.3, -0.25) is 4.79 Å². The molecule has 1 aliphatic rings. The van der Waals surface area contributed by atoms with Crippen molar-refractivity contribution in [3.05, 3.63) is 18.3 Å². The summed E-state index contributed by atoms with van der Waals surface area (Å²) in [6.45, 7) is 3.32. The van der Waals surface area contributed by atoms with Gasteiger partial charge in [0.05, 0.1) is 18.8 Å². The van der Waals surface area contributed by atoms with E-state index in [1.54, 1.807) is 6.20 Å². The van der Waals surface area contributed by atoms with Crippen molar-refractivity contribution in [1.82, 2.24) is 20.2 Å². The Morgan fingerprint density at radius 3 is 2.75 bits per heavy atom. The molecule has 0 aliphatic carbocycles. The molecule has 0 aromatic carbocycles. The maximum Gasteiger partial charge on any atom is 0.235 e. The Balaban J connectivity index is 0.00000288. The molecule has 10 heteroatoms. The molecule has 1 aromatic rings. The van der Waals surface area contributed by atoms with Gasteiger partial charge >= 0.3 is 0 Å². The van der Waals surface area contributed by atoms with E-state index in [-0.39, 0.29) is 30.9 Å². The average molecular weight is 378 g/mol. The summed E-state index contributed by atoms with van der Waals surface area (Å²) in [5.41, 5.74) is 0. The SMILES string of the molecule is CCC[C@H]1CN(c2cccnn2)C[C@@H]1NC(=O)CNS(C)(=O)=O.Cl. The van der Waals surface area contributed by atoms with E-state index in [1.165, 1.54) is 0 Å². The summed E-state index contributed by atoms with van der Waals surface area (Å²) in [6, 6.07) is 3.70. The van der Waals surface area contributed by atoms with E-state index in [9.17, 15) is 13.2 Å². The van der Waals surface area contributed by atoms with Crippen molar-refractivity contribution in [2.75, 3.05) is 30.8 Å². The number of rotatable bonds is 7. The molecule has 136 valence electrons. The van der Waals surface area contributed by atoms with Gasteiger partial charge in [0.25, 0.3) is 0 Å². The summed E-state index contributed by atoms with van der Waals surface area (Å²) >= 11 is 0. The molecule has 0 saturated carbocycles. The van der Waals surface area contributed by atoms with E-state index >= 15 is 0 Å².